The average molecular weight is 261 g/mol. The van der Waals surface area contributed by atoms with Gasteiger partial charge in [0.1, 0.15) is 0 Å². The van der Waals surface area contributed by atoms with Gasteiger partial charge in [-0.1, -0.05) is 37.8 Å². The van der Waals surface area contributed by atoms with E-state index in [2.05, 4.69) is 5.32 Å². The smallest absolute Gasteiger partial charge is 0.340 e. The van der Waals surface area contributed by atoms with Crippen LogP contribution in [0.1, 0.15) is 49.4 Å². The van der Waals surface area contributed by atoms with Crippen LogP contribution in [-0.2, 0) is 4.74 Å². The van der Waals surface area contributed by atoms with Gasteiger partial charge in [0.25, 0.3) is 0 Å². The lowest BCUT2D eigenvalue weighted by atomic mass is 10.0. The molecule has 1 aromatic carbocycles. The first-order valence-electron chi connectivity index (χ1n) is 7.31. The van der Waals surface area contributed by atoms with Crippen LogP contribution in [0.2, 0.25) is 0 Å². The first-order chi connectivity index (χ1) is 9.31. The van der Waals surface area contributed by atoms with Gasteiger partial charge < -0.3 is 10.1 Å². The van der Waals surface area contributed by atoms with Crippen molar-refractivity contribution >= 4 is 11.7 Å². The first kappa shape index (κ1) is 13.9. The Morgan fingerprint density at radius 3 is 2.79 bits per heavy atom. The van der Waals surface area contributed by atoms with Crippen molar-refractivity contribution in [2.75, 3.05) is 18.5 Å². The second-order valence-electron chi connectivity index (χ2n) is 5.13. The Balaban J connectivity index is 1.89. The number of anilines is 1. The van der Waals surface area contributed by atoms with Gasteiger partial charge in [0.05, 0.1) is 12.2 Å². The van der Waals surface area contributed by atoms with E-state index in [1.165, 1.54) is 32.1 Å². The third kappa shape index (κ3) is 3.98. The lowest BCUT2D eigenvalue weighted by Gasteiger charge is -2.13. The molecule has 0 radical (unpaired) electrons. The van der Waals surface area contributed by atoms with Gasteiger partial charge in [-0.2, -0.15) is 0 Å². The highest BCUT2D eigenvalue weighted by atomic mass is 16.5. The van der Waals surface area contributed by atoms with Gasteiger partial charge in [-0.3, -0.25) is 0 Å². The monoisotopic (exact) mass is 261 g/mol. The van der Waals surface area contributed by atoms with Crippen LogP contribution in [-0.4, -0.2) is 19.1 Å². The molecule has 104 valence electrons. The fraction of sp³-hybridized carbons (Fsp3) is 0.562. The van der Waals surface area contributed by atoms with Crippen LogP contribution >= 0.6 is 0 Å². The minimum Gasteiger partial charge on any atom is -0.462 e. The van der Waals surface area contributed by atoms with Crippen molar-refractivity contribution in [3.8, 4) is 0 Å². The zero-order valence-corrected chi connectivity index (χ0v) is 11.7. The molecule has 0 atom stereocenters. The zero-order valence-electron chi connectivity index (χ0n) is 11.7. The molecule has 1 aliphatic carbocycles. The SMILES string of the molecule is CCOC(=O)c1ccccc1NCCC1CCCC1. The highest BCUT2D eigenvalue weighted by Crippen LogP contribution is 2.27. The fourth-order valence-corrected chi connectivity index (χ4v) is 2.73. The van der Waals surface area contributed by atoms with Crippen molar-refractivity contribution in [2.24, 2.45) is 5.92 Å². The number of benzene rings is 1. The van der Waals surface area contributed by atoms with E-state index in [0.29, 0.717) is 12.2 Å². The summed E-state index contributed by atoms with van der Waals surface area (Å²) in [5.41, 5.74) is 1.52. The van der Waals surface area contributed by atoms with Gasteiger partial charge in [-0.25, -0.2) is 4.79 Å². The Labute approximate surface area is 115 Å². The van der Waals surface area contributed by atoms with Gasteiger partial charge >= 0.3 is 5.97 Å². The molecule has 1 fully saturated rings. The number of nitrogens with one attached hydrogen (secondary N) is 1. The van der Waals surface area contributed by atoms with Crippen molar-refractivity contribution in [3.63, 3.8) is 0 Å². The maximum atomic E-state index is 11.8. The summed E-state index contributed by atoms with van der Waals surface area (Å²) in [5, 5.41) is 3.38. The van der Waals surface area contributed by atoms with Crippen molar-refractivity contribution in [1.29, 1.82) is 0 Å². The summed E-state index contributed by atoms with van der Waals surface area (Å²) in [6.45, 7) is 3.17. The van der Waals surface area contributed by atoms with Gasteiger partial charge in [0.15, 0.2) is 0 Å². The molecule has 0 bridgehead atoms. The molecule has 1 N–H and O–H groups in total. The molecule has 0 amide bonds. The number of hydrogen-bond acceptors (Lipinski definition) is 3. The summed E-state index contributed by atoms with van der Waals surface area (Å²) < 4.78 is 5.07. The highest BCUT2D eigenvalue weighted by molar-refractivity contribution is 5.95. The van der Waals surface area contributed by atoms with Crippen LogP contribution < -0.4 is 5.32 Å². The molecule has 1 aromatic rings. The second kappa shape index (κ2) is 7.17. The summed E-state index contributed by atoms with van der Waals surface area (Å²) in [6.07, 6.45) is 6.67. The summed E-state index contributed by atoms with van der Waals surface area (Å²) in [5.74, 6) is 0.619. The first-order valence-corrected chi connectivity index (χ1v) is 7.31. The number of esters is 1. The van der Waals surface area contributed by atoms with Crippen molar-refractivity contribution < 1.29 is 9.53 Å². The molecule has 3 nitrogen and oxygen atoms in total. The van der Waals surface area contributed by atoms with E-state index in [-0.39, 0.29) is 5.97 Å². The van der Waals surface area contributed by atoms with E-state index in [1.54, 1.807) is 0 Å². The Morgan fingerprint density at radius 2 is 2.05 bits per heavy atom. The predicted octanol–water partition coefficient (Wildman–Crippen LogP) is 3.86. The quantitative estimate of drug-likeness (QED) is 0.790. The molecule has 0 aliphatic heterocycles. The van der Waals surface area contributed by atoms with Crippen LogP contribution in [0.4, 0.5) is 5.69 Å². The number of para-hydroxylation sites is 1. The maximum absolute atomic E-state index is 11.8. The standard InChI is InChI=1S/C16H23NO2/c1-2-19-16(18)14-9-5-6-10-15(14)17-12-11-13-7-3-4-8-13/h5-6,9-10,13,17H,2-4,7-8,11-12H2,1H3. The van der Waals surface area contributed by atoms with Crippen LogP contribution in [0.5, 0.6) is 0 Å². The van der Waals surface area contributed by atoms with Gasteiger partial charge in [0, 0.05) is 12.2 Å². The zero-order chi connectivity index (χ0) is 13.5. The molecule has 19 heavy (non-hydrogen) atoms. The molecule has 0 spiro atoms. The van der Waals surface area contributed by atoms with Crippen molar-refractivity contribution in [3.05, 3.63) is 29.8 Å². The van der Waals surface area contributed by atoms with Crippen molar-refractivity contribution in [2.45, 2.75) is 39.0 Å². The normalized spacial score (nSPS) is 15.4. The summed E-state index contributed by atoms with van der Waals surface area (Å²) in [6, 6.07) is 7.58. The van der Waals surface area contributed by atoms with Crippen LogP contribution in [0.15, 0.2) is 24.3 Å². The molecule has 0 aromatic heterocycles. The van der Waals surface area contributed by atoms with Gasteiger partial charge in [-0.15, -0.1) is 0 Å². The van der Waals surface area contributed by atoms with Crippen molar-refractivity contribution in [1.82, 2.24) is 0 Å². The largest absolute Gasteiger partial charge is 0.462 e. The molecule has 1 saturated carbocycles. The van der Waals surface area contributed by atoms with E-state index in [9.17, 15) is 4.79 Å². The Hall–Kier alpha value is -1.51. The van der Waals surface area contributed by atoms with E-state index in [1.807, 2.05) is 31.2 Å². The molecule has 2 rings (SSSR count). The molecular formula is C16H23NO2. The van der Waals surface area contributed by atoms with E-state index in [4.69, 9.17) is 4.74 Å². The Morgan fingerprint density at radius 1 is 1.32 bits per heavy atom. The molecule has 0 saturated heterocycles. The van der Waals surface area contributed by atoms with Crippen LogP contribution in [0.3, 0.4) is 0 Å². The van der Waals surface area contributed by atoms with E-state index < -0.39 is 0 Å². The molecule has 0 unspecified atom stereocenters. The summed E-state index contributed by atoms with van der Waals surface area (Å²) >= 11 is 0. The second-order valence-corrected chi connectivity index (χ2v) is 5.13. The molecule has 1 aliphatic rings. The molecular weight excluding hydrogens is 238 g/mol. The number of hydrogen-bond donors (Lipinski definition) is 1. The number of carbonyl (C=O) groups is 1. The molecule has 0 heterocycles. The van der Waals surface area contributed by atoms with Gasteiger partial charge in [0.2, 0.25) is 0 Å². The minimum atomic E-state index is -0.244. The third-order valence-electron chi connectivity index (χ3n) is 3.77. The summed E-state index contributed by atoms with van der Waals surface area (Å²) in [4.78, 5) is 11.8. The van der Waals surface area contributed by atoms with E-state index >= 15 is 0 Å². The fourth-order valence-electron chi connectivity index (χ4n) is 2.73. The summed E-state index contributed by atoms with van der Waals surface area (Å²) in [7, 11) is 0. The Kier molecular flexibility index (Phi) is 5.25. The predicted molar refractivity (Wildman–Crippen MR) is 77.5 cm³/mol. The maximum Gasteiger partial charge on any atom is 0.340 e. The van der Waals surface area contributed by atoms with E-state index in [0.717, 1.165) is 18.2 Å². The highest BCUT2D eigenvalue weighted by Gasteiger charge is 2.15. The Bertz CT molecular complexity index is 411. The lowest BCUT2D eigenvalue weighted by molar-refractivity contribution is 0.0527. The number of rotatable bonds is 6. The van der Waals surface area contributed by atoms with Gasteiger partial charge in [-0.05, 0) is 31.4 Å². The topological polar surface area (TPSA) is 38.3 Å². The number of ether oxygens (including phenoxy) is 1. The third-order valence-corrected chi connectivity index (χ3v) is 3.77. The average Bonchev–Trinajstić information content (AvgIpc) is 2.93. The minimum absolute atomic E-state index is 0.244. The van der Waals surface area contributed by atoms with Crippen LogP contribution in [0.25, 0.3) is 0 Å². The van der Waals surface area contributed by atoms with Crippen LogP contribution in [0, 0.1) is 5.92 Å². The molecule has 3 heteroatoms. The lowest BCUT2D eigenvalue weighted by Crippen LogP contribution is -2.12. The number of carbonyl (C=O) groups excluding carboxylic acids is 1.